The smallest absolute Gasteiger partial charge is 0.164 e. The zero-order chi connectivity index (χ0) is 16.1. The number of rotatable bonds is 5. The highest BCUT2D eigenvalue weighted by atomic mass is 19.1. The van der Waals surface area contributed by atoms with E-state index in [-0.39, 0.29) is 5.82 Å². The number of nitrogens with zero attached hydrogens (tertiary/aromatic N) is 2. The minimum Gasteiger partial charge on any atom is -0.378 e. The fraction of sp³-hybridized carbons (Fsp3) is 0.412. The van der Waals surface area contributed by atoms with Crippen LogP contribution < -0.4 is 10.6 Å². The average molecular weight is 316 g/mol. The fourth-order valence-corrected chi connectivity index (χ4v) is 2.74. The van der Waals surface area contributed by atoms with Gasteiger partial charge in [0, 0.05) is 25.8 Å². The van der Waals surface area contributed by atoms with Crippen LogP contribution >= 0.6 is 0 Å². The highest BCUT2D eigenvalue weighted by Gasteiger charge is 2.15. The molecule has 1 atom stereocenters. The van der Waals surface area contributed by atoms with Crippen LogP contribution in [0, 0.1) is 5.82 Å². The molecule has 0 radical (unpaired) electrons. The minimum absolute atomic E-state index is 0.322. The summed E-state index contributed by atoms with van der Waals surface area (Å²) in [7, 11) is 1.61. The molecule has 1 saturated heterocycles. The van der Waals surface area contributed by atoms with Gasteiger partial charge in [0.1, 0.15) is 11.6 Å². The molecule has 1 fully saturated rings. The highest BCUT2D eigenvalue weighted by molar-refractivity contribution is 5.58. The Morgan fingerprint density at radius 2 is 2.22 bits per heavy atom. The molecular formula is C17H21FN4O. The molecule has 3 rings (SSSR count). The van der Waals surface area contributed by atoms with Gasteiger partial charge in [-0.15, -0.1) is 0 Å². The van der Waals surface area contributed by atoms with E-state index < -0.39 is 0 Å². The van der Waals surface area contributed by atoms with Gasteiger partial charge in [0.25, 0.3) is 0 Å². The first-order valence-electron chi connectivity index (χ1n) is 7.85. The molecule has 1 unspecified atom stereocenters. The summed E-state index contributed by atoms with van der Waals surface area (Å²) in [6, 6.07) is 8.73. The standard InChI is InChI=1S/C17H21FN4O/c1-23-11-13-9-16(20-12-5-4-8-19-10-12)22-17(21-13)14-6-2-3-7-15(14)18/h2-3,6-7,9,12,19H,4-5,8,10-11H2,1H3,(H,20,21,22). The van der Waals surface area contributed by atoms with E-state index in [4.69, 9.17) is 4.74 Å². The first-order chi connectivity index (χ1) is 11.3. The Balaban J connectivity index is 1.91. The third-order valence-corrected chi connectivity index (χ3v) is 3.84. The molecule has 1 aromatic heterocycles. The van der Waals surface area contributed by atoms with Gasteiger partial charge in [-0.25, -0.2) is 14.4 Å². The Labute approximate surface area is 135 Å². The predicted molar refractivity (Wildman–Crippen MR) is 87.7 cm³/mol. The highest BCUT2D eigenvalue weighted by Crippen LogP contribution is 2.22. The van der Waals surface area contributed by atoms with Gasteiger partial charge in [0.2, 0.25) is 0 Å². The van der Waals surface area contributed by atoms with Crippen LogP contribution in [-0.4, -0.2) is 36.2 Å². The monoisotopic (exact) mass is 316 g/mol. The summed E-state index contributed by atoms with van der Waals surface area (Å²) in [5.41, 5.74) is 1.13. The van der Waals surface area contributed by atoms with Crippen molar-refractivity contribution in [1.29, 1.82) is 0 Å². The molecule has 0 amide bonds. The first-order valence-corrected chi connectivity index (χ1v) is 7.85. The second kappa shape index (κ2) is 7.48. The van der Waals surface area contributed by atoms with Gasteiger partial charge in [0.05, 0.1) is 17.9 Å². The summed E-state index contributed by atoms with van der Waals surface area (Å²) in [5, 5.41) is 6.78. The van der Waals surface area contributed by atoms with Crippen LogP contribution in [0.1, 0.15) is 18.5 Å². The Morgan fingerprint density at radius 1 is 1.35 bits per heavy atom. The maximum atomic E-state index is 14.0. The van der Waals surface area contributed by atoms with Crippen molar-refractivity contribution >= 4 is 5.82 Å². The number of hydrogen-bond donors (Lipinski definition) is 2. The normalized spacial score (nSPS) is 17.9. The third kappa shape index (κ3) is 4.03. The van der Waals surface area contributed by atoms with Crippen LogP contribution in [0.3, 0.4) is 0 Å². The third-order valence-electron chi connectivity index (χ3n) is 3.84. The summed E-state index contributed by atoms with van der Waals surface area (Å²) in [6.07, 6.45) is 2.22. The Bertz CT molecular complexity index is 659. The predicted octanol–water partition coefficient (Wildman–Crippen LogP) is 2.59. The molecular weight excluding hydrogens is 295 g/mol. The molecule has 2 aromatic rings. The van der Waals surface area contributed by atoms with Crippen LogP contribution in [0.15, 0.2) is 30.3 Å². The van der Waals surface area contributed by atoms with Crippen molar-refractivity contribution in [3.63, 3.8) is 0 Å². The van der Waals surface area contributed by atoms with Gasteiger partial charge in [-0.05, 0) is 31.5 Å². The number of hydrogen-bond acceptors (Lipinski definition) is 5. The average Bonchev–Trinajstić information content (AvgIpc) is 2.56. The number of piperidine rings is 1. The molecule has 23 heavy (non-hydrogen) atoms. The van der Waals surface area contributed by atoms with E-state index in [2.05, 4.69) is 20.6 Å². The van der Waals surface area contributed by atoms with E-state index in [0.717, 1.165) is 31.6 Å². The molecule has 122 valence electrons. The van der Waals surface area contributed by atoms with Crippen LogP contribution in [-0.2, 0) is 11.3 Å². The van der Waals surface area contributed by atoms with Crippen molar-refractivity contribution in [2.45, 2.75) is 25.5 Å². The zero-order valence-electron chi connectivity index (χ0n) is 13.2. The SMILES string of the molecule is COCc1cc(NC2CCCNC2)nc(-c2ccccc2F)n1. The van der Waals surface area contributed by atoms with E-state index in [9.17, 15) is 4.39 Å². The van der Waals surface area contributed by atoms with Gasteiger partial charge in [0.15, 0.2) is 5.82 Å². The molecule has 0 bridgehead atoms. The van der Waals surface area contributed by atoms with E-state index in [1.54, 1.807) is 25.3 Å². The van der Waals surface area contributed by atoms with Crippen LogP contribution in [0.2, 0.25) is 0 Å². The zero-order valence-corrected chi connectivity index (χ0v) is 13.2. The largest absolute Gasteiger partial charge is 0.378 e. The van der Waals surface area contributed by atoms with E-state index in [1.165, 1.54) is 6.07 Å². The fourth-order valence-electron chi connectivity index (χ4n) is 2.74. The molecule has 5 nitrogen and oxygen atoms in total. The van der Waals surface area contributed by atoms with Crippen LogP contribution in [0.5, 0.6) is 0 Å². The first kappa shape index (κ1) is 15.8. The van der Waals surface area contributed by atoms with Gasteiger partial charge < -0.3 is 15.4 Å². The molecule has 1 aliphatic rings. The Morgan fingerprint density at radius 3 is 2.96 bits per heavy atom. The molecule has 2 heterocycles. The maximum Gasteiger partial charge on any atom is 0.164 e. The summed E-state index contributed by atoms with van der Waals surface area (Å²) in [5.74, 6) is 0.760. The maximum absolute atomic E-state index is 14.0. The lowest BCUT2D eigenvalue weighted by molar-refractivity contribution is 0.181. The lowest BCUT2D eigenvalue weighted by Crippen LogP contribution is -2.38. The van der Waals surface area contributed by atoms with E-state index in [1.807, 2.05) is 6.07 Å². The molecule has 0 spiro atoms. The molecule has 2 N–H and O–H groups in total. The van der Waals surface area contributed by atoms with Crippen molar-refractivity contribution in [2.75, 3.05) is 25.5 Å². The van der Waals surface area contributed by atoms with Crippen molar-refractivity contribution in [2.24, 2.45) is 0 Å². The van der Waals surface area contributed by atoms with Gasteiger partial charge in [-0.1, -0.05) is 12.1 Å². The number of methoxy groups -OCH3 is 1. The van der Waals surface area contributed by atoms with Crippen molar-refractivity contribution < 1.29 is 9.13 Å². The summed E-state index contributed by atoms with van der Waals surface area (Å²) in [4.78, 5) is 8.91. The van der Waals surface area contributed by atoms with Gasteiger partial charge in [-0.3, -0.25) is 0 Å². The number of aromatic nitrogens is 2. The summed E-state index contributed by atoms with van der Waals surface area (Å²) in [6.45, 7) is 2.32. The number of benzene rings is 1. The van der Waals surface area contributed by atoms with Crippen LogP contribution in [0.4, 0.5) is 10.2 Å². The Hall–Kier alpha value is -2.05. The van der Waals surface area contributed by atoms with E-state index in [0.29, 0.717) is 29.9 Å². The van der Waals surface area contributed by atoms with Crippen molar-refractivity contribution in [1.82, 2.24) is 15.3 Å². The van der Waals surface area contributed by atoms with Crippen molar-refractivity contribution in [3.05, 3.63) is 41.8 Å². The van der Waals surface area contributed by atoms with Gasteiger partial charge in [-0.2, -0.15) is 0 Å². The number of nitrogens with one attached hydrogen (secondary N) is 2. The Kier molecular flexibility index (Phi) is 5.15. The van der Waals surface area contributed by atoms with E-state index >= 15 is 0 Å². The molecule has 6 heteroatoms. The lowest BCUT2D eigenvalue weighted by Gasteiger charge is -2.24. The number of ether oxygens (including phenoxy) is 1. The van der Waals surface area contributed by atoms with Crippen LogP contribution in [0.25, 0.3) is 11.4 Å². The molecule has 1 aromatic carbocycles. The molecule has 1 aliphatic heterocycles. The molecule has 0 saturated carbocycles. The van der Waals surface area contributed by atoms with Gasteiger partial charge >= 0.3 is 0 Å². The van der Waals surface area contributed by atoms with Crippen molar-refractivity contribution in [3.8, 4) is 11.4 Å². The molecule has 0 aliphatic carbocycles. The lowest BCUT2D eigenvalue weighted by atomic mass is 10.1. The minimum atomic E-state index is -0.327. The second-order valence-corrected chi connectivity index (χ2v) is 5.67. The summed E-state index contributed by atoms with van der Waals surface area (Å²) >= 11 is 0. The second-order valence-electron chi connectivity index (χ2n) is 5.67. The summed E-state index contributed by atoms with van der Waals surface area (Å²) < 4.78 is 19.2. The topological polar surface area (TPSA) is 59.1 Å². The quantitative estimate of drug-likeness (QED) is 0.888. The number of anilines is 1. The number of halogens is 1.